The van der Waals surface area contributed by atoms with E-state index in [-0.39, 0.29) is 12.3 Å². The van der Waals surface area contributed by atoms with Crippen LogP contribution in [0.3, 0.4) is 0 Å². The maximum Gasteiger partial charge on any atom is 0.270 e. The summed E-state index contributed by atoms with van der Waals surface area (Å²) in [5, 5.41) is 19.6. The van der Waals surface area contributed by atoms with Crippen molar-refractivity contribution in [3.05, 3.63) is 46.0 Å². The third-order valence-corrected chi connectivity index (χ3v) is 1.90. The van der Waals surface area contributed by atoms with Crippen LogP contribution in [0, 0.1) is 10.1 Å². The van der Waals surface area contributed by atoms with Gasteiger partial charge in [0.1, 0.15) is 12.4 Å². The molecule has 0 aromatic heterocycles. The topological polar surface area (TPSA) is 72.6 Å². The zero-order chi connectivity index (χ0) is 12.1. The minimum atomic E-state index is -0.512. The molecule has 5 nitrogen and oxygen atoms in total. The molecule has 1 N–H and O–H groups in total. The summed E-state index contributed by atoms with van der Waals surface area (Å²) in [7, 11) is 0. The number of nitro groups is 1. The number of aliphatic hydroxyl groups excluding tert-OH is 1. The second-order valence-electron chi connectivity index (χ2n) is 3.45. The van der Waals surface area contributed by atoms with Gasteiger partial charge in [0.05, 0.1) is 11.5 Å². The number of rotatable bonds is 5. The van der Waals surface area contributed by atoms with Crippen LogP contribution in [0.1, 0.15) is 12.5 Å². The fraction of sp³-hybridized carbons (Fsp3) is 0.273. The monoisotopic (exact) mass is 223 g/mol. The summed E-state index contributed by atoms with van der Waals surface area (Å²) in [6.07, 6.45) is 0. The smallest absolute Gasteiger partial charge is 0.270 e. The number of hydrogen-bond acceptors (Lipinski definition) is 4. The quantitative estimate of drug-likeness (QED) is 0.471. The molecule has 1 aromatic carbocycles. The Morgan fingerprint density at radius 1 is 1.62 bits per heavy atom. The van der Waals surface area contributed by atoms with Crippen molar-refractivity contribution >= 4 is 5.69 Å². The molecular weight excluding hydrogens is 210 g/mol. The van der Waals surface area contributed by atoms with Crippen LogP contribution in [0.15, 0.2) is 30.4 Å². The van der Waals surface area contributed by atoms with Crippen LogP contribution in [0.5, 0.6) is 5.75 Å². The lowest BCUT2D eigenvalue weighted by Gasteiger charge is -2.09. The summed E-state index contributed by atoms with van der Waals surface area (Å²) in [6.45, 7) is 5.51. The minimum Gasteiger partial charge on any atom is -0.489 e. The molecule has 0 aliphatic carbocycles. The Morgan fingerprint density at radius 2 is 2.31 bits per heavy atom. The largest absolute Gasteiger partial charge is 0.489 e. The molecule has 0 saturated carbocycles. The molecular formula is C11H13NO4. The molecule has 0 spiro atoms. The highest BCUT2D eigenvalue weighted by Crippen LogP contribution is 2.24. The molecule has 1 rings (SSSR count). The highest BCUT2D eigenvalue weighted by atomic mass is 16.6. The Hall–Kier alpha value is -1.88. The van der Waals surface area contributed by atoms with Gasteiger partial charge in [0.25, 0.3) is 5.69 Å². The first kappa shape index (κ1) is 12.2. The standard InChI is InChI=1S/C11H13NO4/c1-8(2)7-16-11-4-3-10(12(14)15)5-9(11)6-13/h3-5,13H,1,6-7H2,2H3. The van der Waals surface area contributed by atoms with Crippen molar-refractivity contribution in [1.82, 2.24) is 0 Å². The van der Waals surface area contributed by atoms with Crippen molar-refractivity contribution in [1.29, 1.82) is 0 Å². The summed E-state index contributed by atoms with van der Waals surface area (Å²) in [5.74, 6) is 0.441. The molecule has 5 heteroatoms. The lowest BCUT2D eigenvalue weighted by molar-refractivity contribution is -0.385. The van der Waals surface area contributed by atoms with E-state index in [4.69, 9.17) is 9.84 Å². The van der Waals surface area contributed by atoms with Crippen LogP contribution in [0.4, 0.5) is 5.69 Å². The third kappa shape index (κ3) is 3.06. The van der Waals surface area contributed by atoms with Crippen LogP contribution < -0.4 is 4.74 Å². The van der Waals surface area contributed by atoms with E-state index < -0.39 is 4.92 Å². The number of nitro benzene ring substituents is 1. The van der Waals surface area contributed by atoms with Crippen molar-refractivity contribution < 1.29 is 14.8 Å². The van der Waals surface area contributed by atoms with Crippen molar-refractivity contribution in [2.75, 3.05) is 6.61 Å². The van der Waals surface area contributed by atoms with Crippen LogP contribution >= 0.6 is 0 Å². The SMILES string of the molecule is C=C(C)COc1ccc([N+](=O)[O-])cc1CO. The van der Waals surface area contributed by atoms with Gasteiger partial charge in [0.2, 0.25) is 0 Å². The fourth-order valence-corrected chi connectivity index (χ4v) is 1.14. The number of nitrogens with zero attached hydrogens (tertiary/aromatic N) is 1. The van der Waals surface area contributed by atoms with Gasteiger partial charge in [-0.05, 0) is 18.6 Å². The highest BCUT2D eigenvalue weighted by Gasteiger charge is 2.10. The maximum absolute atomic E-state index is 10.5. The molecule has 0 bridgehead atoms. The third-order valence-electron chi connectivity index (χ3n) is 1.90. The van der Waals surface area contributed by atoms with E-state index in [2.05, 4.69) is 6.58 Å². The summed E-state index contributed by atoms with van der Waals surface area (Å²) in [5.41, 5.74) is 1.17. The first-order valence-electron chi connectivity index (χ1n) is 4.70. The zero-order valence-electron chi connectivity index (χ0n) is 8.97. The maximum atomic E-state index is 10.5. The van der Waals surface area contributed by atoms with Gasteiger partial charge >= 0.3 is 0 Å². The van der Waals surface area contributed by atoms with Gasteiger partial charge in [-0.2, -0.15) is 0 Å². The molecule has 16 heavy (non-hydrogen) atoms. The molecule has 0 unspecified atom stereocenters. The van der Waals surface area contributed by atoms with Crippen molar-refractivity contribution in [3.8, 4) is 5.75 Å². The molecule has 86 valence electrons. The summed E-state index contributed by atoms with van der Waals surface area (Å²) >= 11 is 0. The average molecular weight is 223 g/mol. The number of aliphatic hydroxyl groups is 1. The van der Waals surface area contributed by atoms with Gasteiger partial charge in [0, 0.05) is 17.7 Å². The minimum absolute atomic E-state index is 0.0632. The normalized spacial score (nSPS) is 9.88. The van der Waals surface area contributed by atoms with Gasteiger partial charge < -0.3 is 9.84 Å². The van der Waals surface area contributed by atoms with Crippen LogP contribution in [-0.2, 0) is 6.61 Å². The van der Waals surface area contributed by atoms with Gasteiger partial charge in [-0.3, -0.25) is 10.1 Å². The molecule has 0 heterocycles. The lowest BCUT2D eigenvalue weighted by atomic mass is 10.2. The van der Waals surface area contributed by atoms with E-state index in [1.807, 2.05) is 6.92 Å². The Bertz CT molecular complexity index is 414. The molecule has 0 atom stereocenters. The molecule has 0 amide bonds. The van der Waals surface area contributed by atoms with Gasteiger partial charge in [-0.15, -0.1) is 0 Å². The Morgan fingerprint density at radius 3 is 2.81 bits per heavy atom. The van der Waals surface area contributed by atoms with Gasteiger partial charge in [-0.1, -0.05) is 6.58 Å². The number of benzene rings is 1. The Labute approximate surface area is 93.1 Å². The van der Waals surface area contributed by atoms with E-state index in [0.717, 1.165) is 5.57 Å². The van der Waals surface area contributed by atoms with Crippen LogP contribution in [-0.4, -0.2) is 16.6 Å². The van der Waals surface area contributed by atoms with E-state index in [1.165, 1.54) is 18.2 Å². The van der Waals surface area contributed by atoms with E-state index in [1.54, 1.807) is 0 Å². The predicted molar refractivity (Wildman–Crippen MR) is 59.3 cm³/mol. The Kier molecular flexibility index (Phi) is 4.02. The first-order valence-corrected chi connectivity index (χ1v) is 4.70. The number of hydrogen-bond donors (Lipinski definition) is 1. The van der Waals surface area contributed by atoms with E-state index in [9.17, 15) is 10.1 Å². The van der Waals surface area contributed by atoms with E-state index >= 15 is 0 Å². The zero-order valence-corrected chi connectivity index (χ0v) is 8.97. The molecule has 0 aliphatic heterocycles. The second-order valence-corrected chi connectivity index (χ2v) is 3.45. The van der Waals surface area contributed by atoms with Gasteiger partial charge in [0.15, 0.2) is 0 Å². The second kappa shape index (κ2) is 5.27. The van der Waals surface area contributed by atoms with Crippen molar-refractivity contribution in [3.63, 3.8) is 0 Å². The molecule has 0 aliphatic rings. The van der Waals surface area contributed by atoms with Crippen molar-refractivity contribution in [2.45, 2.75) is 13.5 Å². The average Bonchev–Trinajstić information content (AvgIpc) is 2.25. The summed E-state index contributed by atoms with van der Waals surface area (Å²) in [4.78, 5) is 10.0. The summed E-state index contributed by atoms with van der Waals surface area (Å²) < 4.78 is 5.34. The highest BCUT2D eigenvalue weighted by molar-refractivity contribution is 5.43. The molecule has 0 radical (unpaired) electrons. The fourth-order valence-electron chi connectivity index (χ4n) is 1.14. The Balaban J connectivity index is 2.93. The predicted octanol–water partition coefficient (Wildman–Crippen LogP) is 2.04. The molecule has 0 fully saturated rings. The lowest BCUT2D eigenvalue weighted by Crippen LogP contribution is -2.01. The van der Waals surface area contributed by atoms with Crippen molar-refractivity contribution in [2.24, 2.45) is 0 Å². The van der Waals surface area contributed by atoms with Crippen LogP contribution in [0.25, 0.3) is 0 Å². The first-order chi connectivity index (χ1) is 7.54. The molecule has 0 saturated heterocycles. The van der Waals surface area contributed by atoms with E-state index in [0.29, 0.717) is 17.9 Å². The summed E-state index contributed by atoms with van der Waals surface area (Å²) in [6, 6.07) is 4.12. The van der Waals surface area contributed by atoms with Gasteiger partial charge in [-0.25, -0.2) is 0 Å². The molecule has 1 aromatic rings. The number of non-ortho nitro benzene ring substituents is 1. The van der Waals surface area contributed by atoms with Crippen LogP contribution in [0.2, 0.25) is 0 Å². The number of ether oxygens (including phenoxy) is 1.